The Balaban J connectivity index is 2.23. The minimum atomic E-state index is -4.59. The van der Waals surface area contributed by atoms with Crippen LogP contribution in [-0.2, 0) is 6.18 Å². The lowest BCUT2D eigenvalue weighted by atomic mass is 10.3. The second-order valence-electron chi connectivity index (χ2n) is 4.63. The summed E-state index contributed by atoms with van der Waals surface area (Å²) in [7, 11) is 0. The van der Waals surface area contributed by atoms with Crippen molar-refractivity contribution in [1.29, 1.82) is 0 Å². The SMILES string of the molecule is FC(Br)=CCOc1cc(Cl)c(Oc2ncc(C(F)(F)F)cc2Cl)c(Cl)c1. The van der Waals surface area contributed by atoms with E-state index >= 15 is 0 Å². The van der Waals surface area contributed by atoms with Crippen molar-refractivity contribution in [2.45, 2.75) is 6.18 Å². The summed E-state index contributed by atoms with van der Waals surface area (Å²) >= 11 is 20.5. The molecule has 2 aromatic rings. The Bertz CT molecular complexity index is 819. The molecule has 11 heteroatoms. The van der Waals surface area contributed by atoms with Gasteiger partial charge in [0, 0.05) is 18.3 Å². The summed E-state index contributed by atoms with van der Waals surface area (Å²) in [5.41, 5.74) is -1.03. The highest BCUT2D eigenvalue weighted by atomic mass is 79.9. The largest absolute Gasteiger partial charge is 0.489 e. The number of hydrogen-bond donors (Lipinski definition) is 0. The average Bonchev–Trinajstić information content (AvgIpc) is 2.50. The molecule has 0 aliphatic rings. The van der Waals surface area contributed by atoms with Crippen molar-refractivity contribution in [3.05, 3.63) is 55.8 Å². The van der Waals surface area contributed by atoms with Crippen molar-refractivity contribution < 1.29 is 27.0 Å². The van der Waals surface area contributed by atoms with Gasteiger partial charge < -0.3 is 9.47 Å². The second kappa shape index (κ2) is 8.65. The predicted molar refractivity (Wildman–Crippen MR) is 94.4 cm³/mol. The Kier molecular flexibility index (Phi) is 7.01. The van der Waals surface area contributed by atoms with Gasteiger partial charge in [-0.15, -0.1) is 0 Å². The van der Waals surface area contributed by atoms with E-state index in [4.69, 9.17) is 44.3 Å². The summed E-state index contributed by atoms with van der Waals surface area (Å²) in [6, 6.07) is 3.34. The molecule has 0 bridgehead atoms. The molecule has 0 unspecified atom stereocenters. The molecule has 0 aliphatic carbocycles. The first-order valence-corrected chi connectivity index (χ1v) is 8.54. The molecule has 0 aliphatic heterocycles. The molecule has 0 N–H and O–H groups in total. The monoisotopic (exact) mass is 493 g/mol. The van der Waals surface area contributed by atoms with Crippen LogP contribution in [0.15, 0.2) is 35.2 Å². The Morgan fingerprint density at radius 1 is 1.12 bits per heavy atom. The van der Waals surface area contributed by atoms with Gasteiger partial charge in [-0.1, -0.05) is 34.8 Å². The van der Waals surface area contributed by atoms with Gasteiger partial charge in [0.15, 0.2) is 10.5 Å². The minimum Gasteiger partial charge on any atom is -0.489 e. The number of ether oxygens (including phenoxy) is 2. The number of halogens is 8. The number of alkyl halides is 3. The van der Waals surface area contributed by atoms with Crippen molar-refractivity contribution in [2.75, 3.05) is 6.61 Å². The van der Waals surface area contributed by atoms with Gasteiger partial charge >= 0.3 is 6.18 Å². The van der Waals surface area contributed by atoms with E-state index in [1.54, 1.807) is 0 Å². The summed E-state index contributed by atoms with van der Waals surface area (Å²) in [5.74, 6) is -0.151. The van der Waals surface area contributed by atoms with Crippen LogP contribution in [0.4, 0.5) is 17.6 Å². The van der Waals surface area contributed by atoms with Crippen molar-refractivity contribution >= 4 is 50.7 Å². The highest BCUT2D eigenvalue weighted by Crippen LogP contribution is 2.41. The summed E-state index contributed by atoms with van der Waals surface area (Å²) in [6.07, 6.45) is -2.90. The van der Waals surface area contributed by atoms with Gasteiger partial charge in [0.05, 0.1) is 15.6 Å². The molecule has 2 rings (SSSR count). The fourth-order valence-corrected chi connectivity index (χ4v) is 2.55. The third kappa shape index (κ3) is 5.64. The molecule has 1 aromatic heterocycles. The van der Waals surface area contributed by atoms with Crippen LogP contribution in [0.3, 0.4) is 0 Å². The van der Waals surface area contributed by atoms with Crippen LogP contribution in [-0.4, -0.2) is 11.6 Å². The van der Waals surface area contributed by atoms with Crippen molar-refractivity contribution in [3.8, 4) is 17.4 Å². The summed E-state index contributed by atoms with van der Waals surface area (Å²) in [6.45, 7) is -0.0871. The molecular formula is C15H7BrCl3F4NO2. The molecule has 0 radical (unpaired) electrons. The molecule has 1 aromatic carbocycles. The van der Waals surface area contributed by atoms with Crippen molar-refractivity contribution in [3.63, 3.8) is 0 Å². The number of pyridine rings is 1. The van der Waals surface area contributed by atoms with Gasteiger partial charge in [0.25, 0.3) is 0 Å². The maximum absolute atomic E-state index is 12.6. The summed E-state index contributed by atoms with van der Waals surface area (Å²) < 4.78 is 60.4. The second-order valence-corrected chi connectivity index (χ2v) is 6.61. The van der Waals surface area contributed by atoms with Gasteiger partial charge in [0.2, 0.25) is 5.88 Å². The number of nitrogens with zero attached hydrogens (tertiary/aromatic N) is 1. The molecular weight excluding hydrogens is 488 g/mol. The van der Waals surface area contributed by atoms with E-state index in [9.17, 15) is 17.6 Å². The highest BCUT2D eigenvalue weighted by molar-refractivity contribution is 9.11. The van der Waals surface area contributed by atoms with Crippen LogP contribution in [0.5, 0.6) is 17.4 Å². The smallest absolute Gasteiger partial charge is 0.417 e. The quantitative estimate of drug-likeness (QED) is 0.404. The third-order valence-electron chi connectivity index (χ3n) is 2.79. The van der Waals surface area contributed by atoms with Gasteiger partial charge in [-0.2, -0.15) is 17.6 Å². The molecule has 0 amide bonds. The number of aromatic nitrogens is 1. The van der Waals surface area contributed by atoms with Crippen LogP contribution < -0.4 is 9.47 Å². The summed E-state index contributed by atoms with van der Waals surface area (Å²) in [5, 5.41) is -0.382. The zero-order chi connectivity index (χ0) is 19.5. The van der Waals surface area contributed by atoms with Crippen LogP contribution in [0, 0.1) is 0 Å². The normalized spacial score (nSPS) is 12.2. The lowest BCUT2D eigenvalue weighted by Gasteiger charge is -2.13. The number of hydrogen-bond acceptors (Lipinski definition) is 3. The molecule has 0 saturated heterocycles. The molecule has 140 valence electrons. The van der Waals surface area contributed by atoms with Crippen molar-refractivity contribution in [1.82, 2.24) is 4.98 Å². The molecule has 0 atom stereocenters. The Morgan fingerprint density at radius 3 is 2.23 bits per heavy atom. The molecule has 1 heterocycles. The Labute approximate surface area is 168 Å². The third-order valence-corrected chi connectivity index (χ3v) is 3.95. The molecule has 26 heavy (non-hydrogen) atoms. The number of benzene rings is 1. The van der Waals surface area contributed by atoms with E-state index < -0.39 is 16.5 Å². The van der Waals surface area contributed by atoms with Gasteiger partial charge in [0.1, 0.15) is 17.4 Å². The molecule has 0 spiro atoms. The van der Waals surface area contributed by atoms with Crippen LogP contribution in [0.1, 0.15) is 5.56 Å². The highest BCUT2D eigenvalue weighted by Gasteiger charge is 2.32. The zero-order valence-corrected chi connectivity index (χ0v) is 16.2. The van der Waals surface area contributed by atoms with Gasteiger partial charge in [-0.25, -0.2) is 4.98 Å². The zero-order valence-electron chi connectivity index (χ0n) is 12.4. The van der Waals surface area contributed by atoms with E-state index in [0.29, 0.717) is 12.3 Å². The van der Waals surface area contributed by atoms with E-state index in [-0.39, 0.29) is 39.1 Å². The van der Waals surface area contributed by atoms with E-state index in [1.807, 2.05) is 0 Å². The van der Waals surface area contributed by atoms with E-state index in [1.165, 1.54) is 12.1 Å². The summed E-state index contributed by atoms with van der Waals surface area (Å²) in [4.78, 5) is 3.54. The van der Waals surface area contributed by atoms with E-state index in [2.05, 4.69) is 20.9 Å². The Hall–Kier alpha value is -1.22. The first-order chi connectivity index (χ1) is 12.1. The van der Waals surface area contributed by atoms with Crippen LogP contribution in [0.25, 0.3) is 0 Å². The predicted octanol–water partition coefficient (Wildman–Crippen LogP) is 7.44. The Morgan fingerprint density at radius 2 is 1.73 bits per heavy atom. The van der Waals surface area contributed by atoms with Crippen LogP contribution >= 0.6 is 50.7 Å². The lowest BCUT2D eigenvalue weighted by Crippen LogP contribution is -2.06. The first-order valence-electron chi connectivity index (χ1n) is 6.61. The fourth-order valence-electron chi connectivity index (χ4n) is 1.67. The molecule has 3 nitrogen and oxygen atoms in total. The lowest BCUT2D eigenvalue weighted by molar-refractivity contribution is -0.137. The van der Waals surface area contributed by atoms with E-state index in [0.717, 1.165) is 6.08 Å². The topological polar surface area (TPSA) is 31.4 Å². The molecule has 0 saturated carbocycles. The van der Waals surface area contributed by atoms with Gasteiger partial charge in [-0.3, -0.25) is 0 Å². The maximum Gasteiger partial charge on any atom is 0.417 e. The molecule has 0 fully saturated rings. The minimum absolute atomic E-state index is 0.00596. The standard InChI is InChI=1S/C15H7BrCl3F4NO2/c16-12(20)1-2-25-8-4-9(17)13(10(18)5-8)26-14-11(19)3-7(6-24-14)15(21,22)23/h1,3-6H,2H2. The van der Waals surface area contributed by atoms with Gasteiger partial charge in [-0.05, 0) is 28.1 Å². The first kappa shape index (κ1) is 21.1. The average molecular weight is 495 g/mol. The fraction of sp³-hybridized carbons (Fsp3) is 0.133. The number of rotatable bonds is 5. The maximum atomic E-state index is 12.6. The van der Waals surface area contributed by atoms with Crippen molar-refractivity contribution in [2.24, 2.45) is 0 Å². The van der Waals surface area contributed by atoms with Crippen LogP contribution in [0.2, 0.25) is 15.1 Å².